The van der Waals surface area contributed by atoms with Crippen molar-refractivity contribution in [2.24, 2.45) is 16.5 Å². The largest absolute Gasteiger partial charge is 0.481 e. The molecule has 0 aliphatic carbocycles. The number of nitrogens with two attached hydrogens (primary N) is 2. The van der Waals surface area contributed by atoms with Crippen LogP contribution in [0.1, 0.15) is 34.9 Å². The third-order valence-electron chi connectivity index (χ3n) is 6.90. The van der Waals surface area contributed by atoms with Gasteiger partial charge in [-0.3, -0.25) is 14.5 Å². The molecule has 11 nitrogen and oxygen atoms in total. The number of esters is 1. The molecule has 1 aliphatic rings. The summed E-state index contributed by atoms with van der Waals surface area (Å²) in [6.45, 7) is 0.950. The molecular formula is C28H31N5O6. The first-order valence-electron chi connectivity index (χ1n) is 12.4. The van der Waals surface area contributed by atoms with E-state index >= 15 is 0 Å². The number of aliphatic imine (C=N–C) groups is 1. The third kappa shape index (κ3) is 5.93. The Morgan fingerprint density at radius 3 is 2.38 bits per heavy atom. The number of hydrogen-bond acceptors (Lipinski definition) is 7. The van der Waals surface area contributed by atoms with Crippen molar-refractivity contribution >= 4 is 35.2 Å². The second-order valence-corrected chi connectivity index (χ2v) is 9.30. The van der Waals surface area contributed by atoms with Gasteiger partial charge in [0.05, 0.1) is 25.0 Å². The summed E-state index contributed by atoms with van der Waals surface area (Å²) in [7, 11) is 1.28. The van der Waals surface area contributed by atoms with Crippen molar-refractivity contribution in [2.75, 3.05) is 31.6 Å². The number of carbonyl (C=O) groups is 3. The Bertz CT molecular complexity index is 1330. The van der Waals surface area contributed by atoms with E-state index < -0.39 is 29.3 Å². The average molecular weight is 534 g/mol. The number of anilines is 1. The van der Waals surface area contributed by atoms with Crippen molar-refractivity contribution in [3.8, 4) is 0 Å². The summed E-state index contributed by atoms with van der Waals surface area (Å²) < 4.78 is 10.6. The number of carboxylic acid groups (broad SMARTS) is 1. The van der Waals surface area contributed by atoms with Crippen molar-refractivity contribution in [3.05, 3.63) is 84.3 Å². The highest BCUT2D eigenvalue weighted by Gasteiger charge is 2.51. The van der Waals surface area contributed by atoms with Crippen LogP contribution in [0.25, 0.3) is 0 Å². The lowest BCUT2D eigenvalue weighted by atomic mass is 9.84. The first kappa shape index (κ1) is 27.4. The number of aliphatic carboxylic acids is 1. The van der Waals surface area contributed by atoms with E-state index in [4.69, 9.17) is 20.6 Å². The van der Waals surface area contributed by atoms with Gasteiger partial charge in [-0.15, -0.1) is 0 Å². The predicted octanol–water partition coefficient (Wildman–Crippen LogP) is 2.71. The van der Waals surface area contributed by atoms with Gasteiger partial charge < -0.3 is 30.6 Å². The fraction of sp³-hybridized carbons (Fsp3) is 0.286. The highest BCUT2D eigenvalue weighted by Crippen LogP contribution is 2.38. The van der Waals surface area contributed by atoms with Gasteiger partial charge in [0.25, 0.3) is 5.91 Å². The van der Waals surface area contributed by atoms with Crippen LogP contribution >= 0.6 is 0 Å². The summed E-state index contributed by atoms with van der Waals surface area (Å²) in [5.41, 5.74) is 11.2. The number of methoxy groups -OCH3 is 1. The molecule has 0 saturated carbocycles. The van der Waals surface area contributed by atoms with E-state index in [9.17, 15) is 19.5 Å². The number of ether oxygens (including phenoxy) is 1. The van der Waals surface area contributed by atoms with Gasteiger partial charge >= 0.3 is 11.9 Å². The quantitative estimate of drug-likeness (QED) is 0.213. The standard InChI is InChI=1S/C28H31N5O6/c1-38-26(37)28(12-14-32(15-13-28)18-22(25(35)36)19-7-3-2-4-8-19)33(24(34)23-11-6-16-39-23)21-10-5-9-20(17-21)31-27(29)30/h2-11,16-17,22H,12-15,18H2,1H3,(H,35,36)(H4,29,30,31). The van der Waals surface area contributed by atoms with Gasteiger partial charge in [0, 0.05) is 25.3 Å². The molecule has 1 unspecified atom stereocenters. The molecule has 4 rings (SSSR count). The number of rotatable bonds is 9. The maximum Gasteiger partial charge on any atom is 0.332 e. The molecule has 1 fully saturated rings. The number of benzene rings is 2. The van der Waals surface area contributed by atoms with Crippen LogP contribution in [0.15, 0.2) is 82.4 Å². The Morgan fingerprint density at radius 2 is 1.79 bits per heavy atom. The van der Waals surface area contributed by atoms with E-state index in [-0.39, 0.29) is 31.1 Å². The van der Waals surface area contributed by atoms with Gasteiger partial charge in [-0.05, 0) is 48.7 Å². The zero-order valence-corrected chi connectivity index (χ0v) is 21.5. The van der Waals surface area contributed by atoms with E-state index in [0.717, 1.165) is 0 Å². The summed E-state index contributed by atoms with van der Waals surface area (Å²) in [6.07, 6.45) is 1.77. The number of nitrogens with zero attached hydrogens (tertiary/aromatic N) is 3. The van der Waals surface area contributed by atoms with E-state index in [1.54, 1.807) is 54.6 Å². The maximum atomic E-state index is 13.8. The average Bonchev–Trinajstić information content (AvgIpc) is 3.48. The summed E-state index contributed by atoms with van der Waals surface area (Å²) in [6, 6.07) is 18.8. The maximum absolute atomic E-state index is 13.8. The van der Waals surface area contributed by atoms with Gasteiger partial charge in [0.2, 0.25) is 0 Å². The minimum absolute atomic E-state index is 0.0444. The molecule has 1 amide bonds. The summed E-state index contributed by atoms with van der Waals surface area (Å²) in [5.74, 6) is -2.91. The number of furan rings is 1. The Hall–Kier alpha value is -4.64. The Morgan fingerprint density at radius 1 is 1.08 bits per heavy atom. The van der Waals surface area contributed by atoms with Gasteiger partial charge in [0.15, 0.2) is 11.7 Å². The van der Waals surface area contributed by atoms with Crippen LogP contribution in [0, 0.1) is 0 Å². The molecule has 2 heterocycles. The Balaban J connectivity index is 1.69. The summed E-state index contributed by atoms with van der Waals surface area (Å²) in [5, 5.41) is 9.90. The van der Waals surface area contributed by atoms with Gasteiger partial charge in [-0.1, -0.05) is 36.4 Å². The molecule has 2 aromatic carbocycles. The Kier molecular flexibility index (Phi) is 8.30. The topological polar surface area (TPSA) is 165 Å². The van der Waals surface area contributed by atoms with Crippen molar-refractivity contribution in [1.82, 2.24) is 4.90 Å². The molecule has 204 valence electrons. The number of hydrogen-bond donors (Lipinski definition) is 3. The van der Waals surface area contributed by atoms with Crippen molar-refractivity contribution in [1.29, 1.82) is 0 Å². The minimum atomic E-state index is -1.39. The van der Waals surface area contributed by atoms with Crippen LogP contribution in [-0.2, 0) is 14.3 Å². The summed E-state index contributed by atoms with van der Waals surface area (Å²) >= 11 is 0. The highest BCUT2D eigenvalue weighted by atomic mass is 16.5. The first-order chi connectivity index (χ1) is 18.7. The third-order valence-corrected chi connectivity index (χ3v) is 6.90. The number of guanidine groups is 1. The van der Waals surface area contributed by atoms with Crippen LogP contribution < -0.4 is 16.4 Å². The molecule has 39 heavy (non-hydrogen) atoms. The minimum Gasteiger partial charge on any atom is -0.481 e. The Labute approximate surface area is 225 Å². The van der Waals surface area contributed by atoms with E-state index in [1.807, 2.05) is 11.0 Å². The predicted molar refractivity (Wildman–Crippen MR) is 145 cm³/mol. The molecule has 3 aromatic rings. The zero-order valence-electron chi connectivity index (χ0n) is 21.5. The lowest BCUT2D eigenvalue weighted by Gasteiger charge is -2.46. The molecular weight excluding hydrogens is 502 g/mol. The zero-order chi connectivity index (χ0) is 28.0. The number of carbonyl (C=O) groups excluding carboxylic acids is 2. The molecule has 0 spiro atoms. The fourth-order valence-corrected chi connectivity index (χ4v) is 5.00. The highest BCUT2D eigenvalue weighted by molar-refractivity contribution is 6.09. The van der Waals surface area contributed by atoms with E-state index in [2.05, 4.69) is 4.99 Å². The van der Waals surface area contributed by atoms with Crippen LogP contribution in [-0.4, -0.2) is 66.1 Å². The molecule has 1 saturated heterocycles. The lowest BCUT2D eigenvalue weighted by molar-refractivity contribution is -0.149. The van der Waals surface area contributed by atoms with Crippen molar-refractivity contribution in [3.63, 3.8) is 0 Å². The number of likely N-dealkylation sites (tertiary alicyclic amines) is 1. The van der Waals surface area contributed by atoms with Gasteiger partial charge in [0.1, 0.15) is 5.54 Å². The lowest BCUT2D eigenvalue weighted by Crippen LogP contribution is -2.63. The van der Waals surface area contributed by atoms with Gasteiger partial charge in [-0.25, -0.2) is 9.79 Å². The van der Waals surface area contributed by atoms with E-state index in [0.29, 0.717) is 30.0 Å². The fourth-order valence-electron chi connectivity index (χ4n) is 5.00. The molecule has 1 atom stereocenters. The second kappa shape index (κ2) is 11.8. The van der Waals surface area contributed by atoms with Crippen LogP contribution in [0.5, 0.6) is 0 Å². The SMILES string of the molecule is COC(=O)C1(N(C(=O)c2ccco2)c2cccc(N=C(N)N)c2)CCN(CC(C(=O)O)c2ccccc2)CC1. The smallest absolute Gasteiger partial charge is 0.332 e. The van der Waals surface area contributed by atoms with Gasteiger partial charge in [-0.2, -0.15) is 0 Å². The molecule has 1 aromatic heterocycles. The second-order valence-electron chi connectivity index (χ2n) is 9.30. The van der Waals surface area contributed by atoms with E-state index in [1.165, 1.54) is 24.3 Å². The van der Waals surface area contributed by atoms with Crippen LogP contribution in [0.2, 0.25) is 0 Å². The normalized spacial score (nSPS) is 15.6. The summed E-state index contributed by atoms with van der Waals surface area (Å²) in [4.78, 5) is 46.8. The number of amides is 1. The van der Waals surface area contributed by atoms with Crippen molar-refractivity contribution in [2.45, 2.75) is 24.3 Å². The molecule has 11 heteroatoms. The molecule has 0 radical (unpaired) electrons. The van der Waals surface area contributed by atoms with Crippen molar-refractivity contribution < 1.29 is 28.6 Å². The molecule has 1 aliphatic heterocycles. The first-order valence-corrected chi connectivity index (χ1v) is 12.4. The van der Waals surface area contributed by atoms with Crippen LogP contribution in [0.4, 0.5) is 11.4 Å². The molecule has 5 N–H and O–H groups in total. The monoisotopic (exact) mass is 533 g/mol. The van der Waals surface area contributed by atoms with Crippen LogP contribution in [0.3, 0.4) is 0 Å². The number of piperidine rings is 1. The number of carboxylic acids is 1. The molecule has 0 bridgehead atoms.